The van der Waals surface area contributed by atoms with E-state index in [1.807, 2.05) is 37.3 Å². The molecule has 0 bridgehead atoms. The van der Waals surface area contributed by atoms with Crippen molar-refractivity contribution in [1.82, 2.24) is 4.31 Å². The summed E-state index contributed by atoms with van der Waals surface area (Å²) in [5, 5.41) is 2.80. The molecule has 0 fully saturated rings. The van der Waals surface area contributed by atoms with Gasteiger partial charge < -0.3 is 5.32 Å². The van der Waals surface area contributed by atoms with Gasteiger partial charge in [-0.05, 0) is 36.1 Å². The third-order valence-electron chi connectivity index (χ3n) is 4.09. The lowest BCUT2D eigenvalue weighted by atomic mass is 9.97. The number of nitrogens with zero attached hydrogens (tertiary/aromatic N) is 1. The second-order valence-corrected chi connectivity index (χ2v) is 8.45. The summed E-state index contributed by atoms with van der Waals surface area (Å²) in [7, 11) is -0.575. The summed E-state index contributed by atoms with van der Waals surface area (Å²) in [6.07, 6.45) is 0.327. The molecule has 0 radical (unpaired) electrons. The van der Waals surface area contributed by atoms with Crippen molar-refractivity contribution in [1.29, 1.82) is 0 Å². The minimum Gasteiger partial charge on any atom is -0.326 e. The lowest BCUT2D eigenvalue weighted by molar-refractivity contribution is -0.116. The molecule has 0 saturated carbocycles. The summed E-state index contributed by atoms with van der Waals surface area (Å²) in [6, 6.07) is 14.7. The first-order valence-electron chi connectivity index (χ1n) is 8.10. The van der Waals surface area contributed by atoms with Crippen LogP contribution in [0.1, 0.15) is 30.4 Å². The minimum atomic E-state index is -3.55. The average Bonchev–Trinajstić information content (AvgIpc) is 2.57. The average molecular weight is 360 g/mol. The third kappa shape index (κ3) is 4.67. The second kappa shape index (κ2) is 7.80. The summed E-state index contributed by atoms with van der Waals surface area (Å²) < 4.78 is 25.9. The van der Waals surface area contributed by atoms with Crippen molar-refractivity contribution < 1.29 is 13.2 Å². The van der Waals surface area contributed by atoms with Gasteiger partial charge in [0.1, 0.15) is 0 Å². The van der Waals surface area contributed by atoms with Crippen LogP contribution in [0.5, 0.6) is 0 Å². The fraction of sp³-hybridized carbons (Fsp3) is 0.316. The number of hydrogen-bond acceptors (Lipinski definition) is 3. The van der Waals surface area contributed by atoms with E-state index in [0.29, 0.717) is 17.7 Å². The van der Waals surface area contributed by atoms with Crippen LogP contribution in [0.25, 0.3) is 0 Å². The molecule has 25 heavy (non-hydrogen) atoms. The molecule has 0 aliphatic carbocycles. The number of rotatable bonds is 6. The fourth-order valence-corrected chi connectivity index (χ4v) is 3.69. The molecular weight excluding hydrogens is 336 g/mol. The first kappa shape index (κ1) is 19.1. The van der Waals surface area contributed by atoms with E-state index >= 15 is 0 Å². The van der Waals surface area contributed by atoms with E-state index in [2.05, 4.69) is 5.32 Å². The van der Waals surface area contributed by atoms with E-state index < -0.39 is 10.0 Å². The largest absolute Gasteiger partial charge is 0.326 e. The Hall–Kier alpha value is -2.18. The zero-order valence-electron chi connectivity index (χ0n) is 15.0. The highest BCUT2D eigenvalue weighted by molar-refractivity contribution is 7.89. The number of benzene rings is 2. The predicted octanol–water partition coefficient (Wildman–Crippen LogP) is 3.38. The van der Waals surface area contributed by atoms with Gasteiger partial charge in [-0.15, -0.1) is 0 Å². The molecule has 1 unspecified atom stereocenters. The molecule has 2 aromatic carbocycles. The highest BCUT2D eigenvalue weighted by Crippen LogP contribution is 2.24. The summed E-state index contributed by atoms with van der Waals surface area (Å²) >= 11 is 0. The lowest BCUT2D eigenvalue weighted by Gasteiger charge is -2.16. The molecule has 134 valence electrons. The van der Waals surface area contributed by atoms with Crippen molar-refractivity contribution >= 4 is 21.6 Å². The Morgan fingerprint density at radius 3 is 2.36 bits per heavy atom. The van der Waals surface area contributed by atoms with Crippen LogP contribution in [0, 0.1) is 6.92 Å². The van der Waals surface area contributed by atoms with E-state index in [9.17, 15) is 13.2 Å². The Balaban J connectivity index is 2.14. The SMILES string of the molecule is Cc1ccc(NC(=O)CC(C)c2ccccc2)cc1S(=O)(=O)N(C)C. The zero-order chi connectivity index (χ0) is 18.6. The van der Waals surface area contributed by atoms with Crippen molar-refractivity contribution in [2.24, 2.45) is 0 Å². The number of nitrogens with one attached hydrogen (secondary N) is 1. The summed E-state index contributed by atoms with van der Waals surface area (Å²) in [6.45, 7) is 3.73. The van der Waals surface area contributed by atoms with Crippen molar-refractivity contribution in [3.63, 3.8) is 0 Å². The Morgan fingerprint density at radius 2 is 1.76 bits per heavy atom. The number of sulfonamides is 1. The van der Waals surface area contributed by atoms with Crippen molar-refractivity contribution in [3.05, 3.63) is 59.7 Å². The summed E-state index contributed by atoms with van der Waals surface area (Å²) in [4.78, 5) is 12.5. The van der Waals surface area contributed by atoms with Crippen LogP contribution in [-0.2, 0) is 14.8 Å². The van der Waals surface area contributed by atoms with Crippen molar-refractivity contribution in [2.75, 3.05) is 19.4 Å². The Labute approximate surface area is 149 Å². The van der Waals surface area contributed by atoms with Crippen molar-refractivity contribution in [2.45, 2.75) is 31.1 Å². The fourth-order valence-electron chi connectivity index (χ4n) is 2.54. The quantitative estimate of drug-likeness (QED) is 0.859. The van der Waals surface area contributed by atoms with Gasteiger partial charge in [0.25, 0.3) is 0 Å². The first-order valence-corrected chi connectivity index (χ1v) is 9.54. The molecule has 1 amide bonds. The third-order valence-corrected chi connectivity index (χ3v) is 6.05. The van der Waals surface area contributed by atoms with Crippen LogP contribution in [-0.4, -0.2) is 32.7 Å². The van der Waals surface area contributed by atoms with Gasteiger partial charge in [0, 0.05) is 26.2 Å². The van der Waals surface area contributed by atoms with Gasteiger partial charge >= 0.3 is 0 Å². The molecule has 1 atom stereocenters. The van der Waals surface area contributed by atoms with Gasteiger partial charge in [0.15, 0.2) is 0 Å². The molecular formula is C19H24N2O3S. The maximum absolute atomic E-state index is 12.4. The molecule has 5 nitrogen and oxygen atoms in total. The summed E-state index contributed by atoms with van der Waals surface area (Å²) in [5.41, 5.74) is 2.22. The Bertz CT molecular complexity index is 846. The number of hydrogen-bond donors (Lipinski definition) is 1. The highest BCUT2D eigenvalue weighted by atomic mass is 32.2. The number of carbonyl (C=O) groups is 1. The minimum absolute atomic E-state index is 0.0802. The van der Waals surface area contributed by atoms with Crippen molar-refractivity contribution in [3.8, 4) is 0 Å². The molecule has 0 spiro atoms. The molecule has 2 rings (SSSR count). The molecule has 2 aromatic rings. The van der Waals surface area contributed by atoms with Gasteiger partial charge in [0.2, 0.25) is 15.9 Å². The van der Waals surface area contributed by atoms with E-state index in [4.69, 9.17) is 0 Å². The van der Waals surface area contributed by atoms with Crippen LogP contribution in [0.2, 0.25) is 0 Å². The molecule has 0 aliphatic rings. The number of anilines is 1. The molecule has 0 aromatic heterocycles. The lowest BCUT2D eigenvalue weighted by Crippen LogP contribution is -2.23. The maximum Gasteiger partial charge on any atom is 0.242 e. The molecule has 0 heterocycles. The molecule has 1 N–H and O–H groups in total. The highest BCUT2D eigenvalue weighted by Gasteiger charge is 2.20. The number of amides is 1. The van der Waals surface area contributed by atoms with Gasteiger partial charge in [0.05, 0.1) is 4.90 Å². The number of aryl methyl sites for hydroxylation is 1. The number of carbonyl (C=O) groups excluding carboxylic acids is 1. The van der Waals surface area contributed by atoms with Crippen LogP contribution in [0.15, 0.2) is 53.4 Å². The smallest absolute Gasteiger partial charge is 0.242 e. The van der Waals surface area contributed by atoms with Gasteiger partial charge in [-0.25, -0.2) is 12.7 Å². The van der Waals surface area contributed by atoms with E-state index in [-0.39, 0.29) is 16.7 Å². The van der Waals surface area contributed by atoms with E-state index in [1.54, 1.807) is 19.1 Å². The zero-order valence-corrected chi connectivity index (χ0v) is 15.8. The Morgan fingerprint density at radius 1 is 1.12 bits per heavy atom. The normalized spacial score (nSPS) is 12.8. The van der Waals surface area contributed by atoms with Gasteiger partial charge in [-0.3, -0.25) is 4.79 Å². The maximum atomic E-state index is 12.4. The second-order valence-electron chi connectivity index (χ2n) is 6.33. The predicted molar refractivity (Wildman–Crippen MR) is 100 cm³/mol. The van der Waals surface area contributed by atoms with Crippen LogP contribution in [0.4, 0.5) is 5.69 Å². The van der Waals surface area contributed by atoms with Crippen LogP contribution in [0.3, 0.4) is 0 Å². The Kier molecular flexibility index (Phi) is 5.98. The van der Waals surface area contributed by atoms with Gasteiger partial charge in [-0.2, -0.15) is 0 Å². The van der Waals surface area contributed by atoms with Gasteiger partial charge in [-0.1, -0.05) is 43.3 Å². The molecule has 6 heteroatoms. The molecule has 0 aliphatic heterocycles. The van der Waals surface area contributed by atoms with E-state index in [0.717, 1.165) is 5.56 Å². The monoisotopic (exact) mass is 360 g/mol. The standard InChI is InChI=1S/C19H24N2O3S/c1-14-10-11-17(13-18(14)25(23,24)21(3)4)20-19(22)12-15(2)16-8-6-5-7-9-16/h5-11,13,15H,12H2,1-4H3,(H,20,22). The first-order chi connectivity index (χ1) is 11.7. The van der Waals surface area contributed by atoms with E-state index in [1.165, 1.54) is 24.5 Å². The molecule has 0 saturated heterocycles. The topological polar surface area (TPSA) is 66.5 Å². The summed E-state index contributed by atoms with van der Waals surface area (Å²) in [5.74, 6) is -0.0648. The van der Waals surface area contributed by atoms with Crippen LogP contribution < -0.4 is 5.32 Å². The van der Waals surface area contributed by atoms with Crippen LogP contribution >= 0.6 is 0 Å².